The number of amides is 2. The van der Waals surface area contributed by atoms with Crippen LogP contribution in [0.15, 0.2) is 60.7 Å². The van der Waals surface area contributed by atoms with Crippen LogP contribution in [0.2, 0.25) is 0 Å². The molecule has 4 nitrogen and oxygen atoms in total. The highest BCUT2D eigenvalue weighted by atomic mass is 16.2. The lowest BCUT2D eigenvalue weighted by Gasteiger charge is -2.42. The average molecular weight is 391 g/mol. The molecule has 1 saturated carbocycles. The van der Waals surface area contributed by atoms with Crippen molar-refractivity contribution in [3.05, 3.63) is 71.8 Å². The summed E-state index contributed by atoms with van der Waals surface area (Å²) in [6.07, 6.45) is 6.77. The molecule has 0 aromatic heterocycles. The van der Waals surface area contributed by atoms with Crippen molar-refractivity contribution < 1.29 is 9.59 Å². The molecule has 2 aromatic carbocycles. The molecule has 29 heavy (non-hydrogen) atoms. The van der Waals surface area contributed by atoms with Gasteiger partial charge in [-0.3, -0.25) is 9.59 Å². The molecule has 1 saturated heterocycles. The standard InChI is InChI=1S/C25H30N2O2/c28-24(21-12-5-2-6-13-21)26-23(17-19-9-3-1-4-10-19)25(29)27-16-15-20-11-7-8-14-22(20)18-27/h1-6,9-10,12-13,20,22-23H,7-8,11,14-18H2,(H,26,28)/t20-,22+,23-/m0/s1. The summed E-state index contributed by atoms with van der Waals surface area (Å²) in [5.41, 5.74) is 1.65. The Morgan fingerprint density at radius 3 is 2.28 bits per heavy atom. The van der Waals surface area contributed by atoms with Crippen LogP contribution in [-0.4, -0.2) is 35.8 Å². The van der Waals surface area contributed by atoms with E-state index in [9.17, 15) is 9.59 Å². The van der Waals surface area contributed by atoms with E-state index < -0.39 is 6.04 Å². The minimum atomic E-state index is -0.537. The van der Waals surface area contributed by atoms with E-state index >= 15 is 0 Å². The fraction of sp³-hybridized carbons (Fsp3) is 0.440. The van der Waals surface area contributed by atoms with E-state index in [1.54, 1.807) is 12.1 Å². The van der Waals surface area contributed by atoms with Crippen molar-refractivity contribution in [2.75, 3.05) is 13.1 Å². The van der Waals surface area contributed by atoms with Gasteiger partial charge in [0.1, 0.15) is 6.04 Å². The molecule has 2 amide bonds. The first-order valence-corrected chi connectivity index (χ1v) is 10.9. The van der Waals surface area contributed by atoms with Crippen molar-refractivity contribution in [2.45, 2.75) is 44.6 Å². The Hall–Kier alpha value is -2.62. The maximum absolute atomic E-state index is 13.5. The Balaban J connectivity index is 1.49. The molecule has 1 heterocycles. The van der Waals surface area contributed by atoms with E-state index in [-0.39, 0.29) is 11.8 Å². The maximum Gasteiger partial charge on any atom is 0.251 e. The lowest BCUT2D eigenvalue weighted by molar-refractivity contribution is -0.136. The Kier molecular flexibility index (Phi) is 6.28. The van der Waals surface area contributed by atoms with E-state index in [2.05, 4.69) is 5.32 Å². The third-order valence-corrected chi connectivity index (χ3v) is 6.52. The summed E-state index contributed by atoms with van der Waals surface area (Å²) in [6.45, 7) is 1.66. The van der Waals surface area contributed by atoms with Gasteiger partial charge >= 0.3 is 0 Å². The van der Waals surface area contributed by atoms with Crippen molar-refractivity contribution in [3.8, 4) is 0 Å². The summed E-state index contributed by atoms with van der Waals surface area (Å²) in [6, 6.07) is 18.6. The second-order valence-corrected chi connectivity index (χ2v) is 8.46. The van der Waals surface area contributed by atoms with E-state index in [0.29, 0.717) is 17.9 Å². The lowest BCUT2D eigenvalue weighted by atomic mass is 9.75. The van der Waals surface area contributed by atoms with Gasteiger partial charge in [0, 0.05) is 25.1 Å². The molecule has 152 valence electrons. The van der Waals surface area contributed by atoms with Gasteiger partial charge in [-0.15, -0.1) is 0 Å². The van der Waals surface area contributed by atoms with Crippen LogP contribution in [0.25, 0.3) is 0 Å². The fourth-order valence-corrected chi connectivity index (χ4v) is 4.90. The summed E-state index contributed by atoms with van der Waals surface area (Å²) in [5.74, 6) is 1.28. The number of carbonyl (C=O) groups is 2. The summed E-state index contributed by atoms with van der Waals surface area (Å²) >= 11 is 0. The van der Waals surface area contributed by atoms with Gasteiger partial charge in [-0.2, -0.15) is 0 Å². The van der Waals surface area contributed by atoms with Crippen molar-refractivity contribution in [3.63, 3.8) is 0 Å². The molecule has 1 aliphatic carbocycles. The van der Waals surface area contributed by atoms with Crippen molar-refractivity contribution in [1.82, 2.24) is 10.2 Å². The van der Waals surface area contributed by atoms with E-state index in [4.69, 9.17) is 0 Å². The van der Waals surface area contributed by atoms with Gasteiger partial charge in [0.2, 0.25) is 5.91 Å². The monoisotopic (exact) mass is 390 g/mol. The highest BCUT2D eigenvalue weighted by Gasteiger charge is 2.35. The second-order valence-electron chi connectivity index (χ2n) is 8.46. The fourth-order valence-electron chi connectivity index (χ4n) is 4.90. The van der Waals surface area contributed by atoms with Crippen molar-refractivity contribution in [1.29, 1.82) is 0 Å². The number of hydrogen-bond donors (Lipinski definition) is 1. The third-order valence-electron chi connectivity index (χ3n) is 6.52. The topological polar surface area (TPSA) is 49.4 Å². The Bertz CT molecular complexity index is 821. The first kappa shape index (κ1) is 19.7. The predicted molar refractivity (Wildman–Crippen MR) is 114 cm³/mol. The van der Waals surface area contributed by atoms with Gasteiger partial charge in [-0.05, 0) is 42.4 Å². The summed E-state index contributed by atoms with van der Waals surface area (Å²) < 4.78 is 0. The first-order valence-electron chi connectivity index (χ1n) is 10.9. The van der Waals surface area contributed by atoms with Crippen LogP contribution in [0, 0.1) is 11.8 Å². The molecule has 0 bridgehead atoms. The SMILES string of the molecule is O=C(N[C@@H](Cc1ccccc1)C(=O)N1CC[C@@H]2CCCC[C@@H]2C1)c1ccccc1. The smallest absolute Gasteiger partial charge is 0.251 e. The van der Waals surface area contributed by atoms with E-state index in [0.717, 1.165) is 31.0 Å². The number of nitrogens with one attached hydrogen (secondary N) is 1. The van der Waals surface area contributed by atoms with Crippen LogP contribution < -0.4 is 5.32 Å². The molecule has 2 aliphatic rings. The summed E-state index contributed by atoms with van der Waals surface area (Å²) in [7, 11) is 0. The zero-order chi connectivity index (χ0) is 20.1. The molecule has 0 unspecified atom stereocenters. The normalized spacial score (nSPS) is 22.4. The first-order chi connectivity index (χ1) is 14.2. The Morgan fingerprint density at radius 1 is 0.897 bits per heavy atom. The van der Waals surface area contributed by atoms with E-state index in [1.165, 1.54) is 25.7 Å². The molecule has 2 fully saturated rings. The third kappa shape index (κ3) is 4.87. The zero-order valence-corrected chi connectivity index (χ0v) is 16.9. The van der Waals surface area contributed by atoms with Gasteiger partial charge < -0.3 is 10.2 Å². The number of likely N-dealkylation sites (tertiary alicyclic amines) is 1. The van der Waals surface area contributed by atoms with Gasteiger partial charge in [0.15, 0.2) is 0 Å². The molecule has 4 heteroatoms. The highest BCUT2D eigenvalue weighted by Crippen LogP contribution is 2.36. The van der Waals surface area contributed by atoms with Crippen LogP contribution in [-0.2, 0) is 11.2 Å². The van der Waals surface area contributed by atoms with Gasteiger partial charge in [0.05, 0.1) is 0 Å². The minimum Gasteiger partial charge on any atom is -0.341 e. The highest BCUT2D eigenvalue weighted by molar-refractivity contribution is 5.97. The average Bonchev–Trinajstić information content (AvgIpc) is 2.79. The minimum absolute atomic E-state index is 0.0576. The van der Waals surface area contributed by atoms with Crippen molar-refractivity contribution >= 4 is 11.8 Å². The predicted octanol–water partition coefficient (Wildman–Crippen LogP) is 4.07. The number of carbonyl (C=O) groups excluding carboxylic acids is 2. The number of piperidine rings is 1. The molecule has 4 rings (SSSR count). The number of benzene rings is 2. The quantitative estimate of drug-likeness (QED) is 0.837. The van der Waals surface area contributed by atoms with Gasteiger partial charge in [-0.1, -0.05) is 67.8 Å². The molecular formula is C25H30N2O2. The molecule has 0 radical (unpaired) electrons. The Morgan fingerprint density at radius 2 is 1.55 bits per heavy atom. The maximum atomic E-state index is 13.5. The summed E-state index contributed by atoms with van der Waals surface area (Å²) in [5, 5.41) is 3.02. The molecular weight excluding hydrogens is 360 g/mol. The van der Waals surface area contributed by atoms with Crippen LogP contribution in [0.1, 0.15) is 48.0 Å². The summed E-state index contributed by atoms with van der Waals surface area (Å²) in [4.78, 5) is 28.2. The van der Waals surface area contributed by atoms with Crippen LogP contribution in [0.3, 0.4) is 0 Å². The molecule has 3 atom stereocenters. The second kappa shape index (κ2) is 9.25. The van der Waals surface area contributed by atoms with Crippen LogP contribution >= 0.6 is 0 Å². The van der Waals surface area contributed by atoms with Gasteiger partial charge in [-0.25, -0.2) is 0 Å². The van der Waals surface area contributed by atoms with Crippen LogP contribution in [0.5, 0.6) is 0 Å². The zero-order valence-electron chi connectivity index (χ0n) is 16.9. The van der Waals surface area contributed by atoms with Crippen LogP contribution in [0.4, 0.5) is 0 Å². The number of hydrogen-bond acceptors (Lipinski definition) is 2. The van der Waals surface area contributed by atoms with E-state index in [1.807, 2.05) is 53.4 Å². The Labute approximate surface area is 173 Å². The lowest BCUT2D eigenvalue weighted by Crippen LogP contribution is -2.53. The van der Waals surface area contributed by atoms with Crippen molar-refractivity contribution in [2.24, 2.45) is 11.8 Å². The molecule has 1 N–H and O–H groups in total. The number of fused-ring (bicyclic) bond motifs is 1. The number of rotatable bonds is 5. The largest absolute Gasteiger partial charge is 0.341 e. The molecule has 2 aromatic rings. The molecule has 0 spiro atoms. The number of nitrogens with zero attached hydrogens (tertiary/aromatic N) is 1. The molecule has 1 aliphatic heterocycles. The van der Waals surface area contributed by atoms with Gasteiger partial charge in [0.25, 0.3) is 5.91 Å².